The van der Waals surface area contributed by atoms with Gasteiger partial charge in [0.1, 0.15) is 0 Å². The van der Waals surface area contributed by atoms with Gasteiger partial charge in [0, 0.05) is 6.54 Å². The van der Waals surface area contributed by atoms with Crippen molar-refractivity contribution in [2.75, 3.05) is 0 Å². The molecule has 4 rings (SSSR count). The van der Waals surface area contributed by atoms with Gasteiger partial charge >= 0.3 is 18.1 Å². The van der Waals surface area contributed by atoms with E-state index in [4.69, 9.17) is 19.8 Å². The summed E-state index contributed by atoms with van der Waals surface area (Å²) < 4.78 is 38.6. The number of carboxylic acid groups (broad SMARTS) is 2. The van der Waals surface area contributed by atoms with Crippen molar-refractivity contribution in [3.63, 3.8) is 0 Å². The molecule has 31 heavy (non-hydrogen) atoms. The minimum absolute atomic E-state index is 0.0121. The molecule has 3 aromatic rings. The Hall–Kier alpha value is -3.65. The van der Waals surface area contributed by atoms with E-state index in [1.807, 2.05) is 24.3 Å². The number of fused-ring (bicyclic) bond motifs is 3. The van der Waals surface area contributed by atoms with E-state index >= 15 is 0 Å². The number of carboxylic acids is 2. The Morgan fingerprint density at radius 3 is 1.81 bits per heavy atom. The second kappa shape index (κ2) is 9.01. The zero-order valence-corrected chi connectivity index (χ0v) is 16.1. The van der Waals surface area contributed by atoms with Gasteiger partial charge in [-0.15, -0.1) is 0 Å². The molecule has 0 bridgehead atoms. The van der Waals surface area contributed by atoms with E-state index in [0.29, 0.717) is 12.1 Å². The van der Waals surface area contributed by atoms with Crippen molar-refractivity contribution in [1.29, 1.82) is 0 Å². The summed E-state index contributed by atoms with van der Waals surface area (Å²) in [4.78, 5) is 18.2. The molecular formula is C23H18F3NO4. The number of nitrogens with one attached hydrogen (secondary N) is 1. The third-order valence-electron chi connectivity index (χ3n) is 4.78. The van der Waals surface area contributed by atoms with Crippen LogP contribution in [-0.4, -0.2) is 22.2 Å². The molecule has 0 aromatic heterocycles. The molecule has 3 aromatic carbocycles. The van der Waals surface area contributed by atoms with E-state index in [9.17, 15) is 13.2 Å². The van der Waals surface area contributed by atoms with Crippen molar-refractivity contribution in [3.05, 3.63) is 95.1 Å². The zero-order valence-electron chi connectivity index (χ0n) is 16.1. The molecule has 160 valence electrons. The Kier molecular flexibility index (Phi) is 6.41. The lowest BCUT2D eigenvalue weighted by molar-refractivity contribution is -0.159. The average Bonchev–Trinajstić information content (AvgIpc) is 3.06. The first kappa shape index (κ1) is 22.0. The summed E-state index contributed by atoms with van der Waals surface area (Å²) in [5.41, 5.74) is 4.70. The number of aliphatic carboxylic acids is 2. The van der Waals surface area contributed by atoms with E-state index in [2.05, 4.69) is 29.6 Å². The molecular weight excluding hydrogens is 411 g/mol. The summed E-state index contributed by atoms with van der Waals surface area (Å²) in [6.45, 7) is 0.372. The van der Waals surface area contributed by atoms with Crippen molar-refractivity contribution in [2.24, 2.45) is 0 Å². The number of rotatable bonds is 3. The summed E-state index contributed by atoms with van der Waals surface area (Å²) in [6, 6.07) is 21.8. The summed E-state index contributed by atoms with van der Waals surface area (Å²) in [5, 5.41) is 18.2. The van der Waals surface area contributed by atoms with Gasteiger partial charge in [-0.1, -0.05) is 66.7 Å². The van der Waals surface area contributed by atoms with Crippen LogP contribution in [-0.2, 0) is 22.3 Å². The standard InChI is InChI=1S/C21H16F3N.C2H2O4/c22-21(23,24)15-7-5-6-14(12-15)13-25-20-18-10-3-1-8-16(18)17-9-2-4-11-19(17)20;3-1(4)2(5)6/h1-12,20,25H,13H2;(H,3,4)(H,5,6). The van der Waals surface area contributed by atoms with Crippen molar-refractivity contribution >= 4 is 11.9 Å². The molecule has 0 saturated heterocycles. The van der Waals surface area contributed by atoms with Crippen molar-refractivity contribution < 1.29 is 33.0 Å². The summed E-state index contributed by atoms with van der Waals surface area (Å²) >= 11 is 0. The van der Waals surface area contributed by atoms with Crippen LogP contribution >= 0.6 is 0 Å². The van der Waals surface area contributed by atoms with Crippen molar-refractivity contribution in [1.82, 2.24) is 5.32 Å². The maximum Gasteiger partial charge on any atom is 0.416 e. The first-order valence-electron chi connectivity index (χ1n) is 9.22. The van der Waals surface area contributed by atoms with Crippen LogP contribution in [0.3, 0.4) is 0 Å². The Labute approximate surface area is 175 Å². The molecule has 0 heterocycles. The third-order valence-corrected chi connectivity index (χ3v) is 4.78. The van der Waals surface area contributed by atoms with Crippen LogP contribution in [0.5, 0.6) is 0 Å². The minimum atomic E-state index is -4.32. The Morgan fingerprint density at radius 1 is 0.806 bits per heavy atom. The van der Waals surface area contributed by atoms with Crippen LogP contribution in [0.25, 0.3) is 11.1 Å². The molecule has 0 spiro atoms. The first-order valence-corrected chi connectivity index (χ1v) is 9.22. The topological polar surface area (TPSA) is 86.6 Å². The van der Waals surface area contributed by atoms with E-state index in [1.54, 1.807) is 6.07 Å². The van der Waals surface area contributed by atoms with Gasteiger partial charge in [0.15, 0.2) is 0 Å². The number of hydrogen-bond donors (Lipinski definition) is 3. The smallest absolute Gasteiger partial charge is 0.416 e. The highest BCUT2D eigenvalue weighted by molar-refractivity contribution is 6.27. The number of carbonyl (C=O) groups is 2. The highest BCUT2D eigenvalue weighted by atomic mass is 19.4. The van der Waals surface area contributed by atoms with Gasteiger partial charge in [-0.25, -0.2) is 9.59 Å². The molecule has 0 atom stereocenters. The Balaban J connectivity index is 0.000000401. The quantitative estimate of drug-likeness (QED) is 0.525. The van der Waals surface area contributed by atoms with Crippen molar-refractivity contribution in [3.8, 4) is 11.1 Å². The van der Waals surface area contributed by atoms with E-state index in [-0.39, 0.29) is 6.04 Å². The second-order valence-corrected chi connectivity index (χ2v) is 6.80. The molecule has 0 radical (unpaired) electrons. The lowest BCUT2D eigenvalue weighted by Gasteiger charge is -2.16. The maximum absolute atomic E-state index is 12.9. The van der Waals surface area contributed by atoms with Gasteiger partial charge in [-0.05, 0) is 33.9 Å². The first-order chi connectivity index (χ1) is 14.7. The van der Waals surface area contributed by atoms with Crippen LogP contribution in [0, 0.1) is 0 Å². The third kappa shape index (κ3) is 5.10. The summed E-state index contributed by atoms with van der Waals surface area (Å²) in [7, 11) is 0. The highest BCUT2D eigenvalue weighted by Crippen LogP contribution is 2.43. The summed E-state index contributed by atoms with van der Waals surface area (Å²) in [5.74, 6) is -3.65. The van der Waals surface area contributed by atoms with Gasteiger partial charge in [0.05, 0.1) is 11.6 Å². The van der Waals surface area contributed by atoms with Crippen molar-refractivity contribution in [2.45, 2.75) is 18.8 Å². The SMILES string of the molecule is FC(F)(F)c1cccc(CNC2c3ccccc3-c3ccccc32)c1.O=C(O)C(=O)O. The van der Waals surface area contributed by atoms with Crippen LogP contribution < -0.4 is 5.32 Å². The molecule has 0 fully saturated rings. The highest BCUT2D eigenvalue weighted by Gasteiger charge is 2.31. The fraction of sp³-hybridized carbons (Fsp3) is 0.130. The maximum atomic E-state index is 12.9. The lowest BCUT2D eigenvalue weighted by Crippen LogP contribution is -2.20. The Morgan fingerprint density at radius 2 is 1.32 bits per heavy atom. The van der Waals surface area contributed by atoms with Crippen LogP contribution in [0.4, 0.5) is 13.2 Å². The van der Waals surface area contributed by atoms with Gasteiger partial charge < -0.3 is 15.5 Å². The van der Waals surface area contributed by atoms with Gasteiger partial charge in [-0.3, -0.25) is 0 Å². The monoisotopic (exact) mass is 429 g/mol. The molecule has 8 heteroatoms. The van der Waals surface area contributed by atoms with Crippen LogP contribution in [0.1, 0.15) is 28.3 Å². The van der Waals surface area contributed by atoms with E-state index in [0.717, 1.165) is 17.2 Å². The van der Waals surface area contributed by atoms with E-state index < -0.39 is 23.7 Å². The average molecular weight is 429 g/mol. The predicted octanol–water partition coefficient (Wildman–Crippen LogP) is 4.72. The predicted molar refractivity (Wildman–Crippen MR) is 107 cm³/mol. The van der Waals surface area contributed by atoms with Gasteiger partial charge in [0.25, 0.3) is 0 Å². The van der Waals surface area contributed by atoms with Gasteiger partial charge in [0.2, 0.25) is 0 Å². The van der Waals surface area contributed by atoms with E-state index in [1.165, 1.54) is 23.3 Å². The molecule has 1 aliphatic carbocycles. The normalized spacial score (nSPS) is 12.4. The fourth-order valence-corrected chi connectivity index (χ4v) is 3.45. The number of alkyl halides is 3. The number of halogens is 3. The molecule has 0 aliphatic heterocycles. The second-order valence-electron chi connectivity index (χ2n) is 6.80. The van der Waals surface area contributed by atoms with Crippen LogP contribution in [0.2, 0.25) is 0 Å². The minimum Gasteiger partial charge on any atom is -0.473 e. The van der Waals surface area contributed by atoms with Crippen LogP contribution in [0.15, 0.2) is 72.8 Å². The molecule has 5 nitrogen and oxygen atoms in total. The number of hydrogen-bond acceptors (Lipinski definition) is 3. The largest absolute Gasteiger partial charge is 0.473 e. The molecule has 3 N–H and O–H groups in total. The fourth-order valence-electron chi connectivity index (χ4n) is 3.45. The lowest BCUT2D eigenvalue weighted by atomic mass is 10.0. The molecule has 0 unspecified atom stereocenters. The molecule has 1 aliphatic rings. The number of benzene rings is 3. The summed E-state index contributed by atoms with van der Waals surface area (Å²) in [6.07, 6.45) is -4.32. The molecule has 0 saturated carbocycles. The zero-order chi connectivity index (χ0) is 22.6. The Bertz CT molecular complexity index is 1050. The van der Waals surface area contributed by atoms with Gasteiger partial charge in [-0.2, -0.15) is 13.2 Å². The molecule has 0 amide bonds.